The molecule has 0 saturated heterocycles. The van der Waals surface area contributed by atoms with E-state index in [4.69, 9.17) is 34.3 Å². The van der Waals surface area contributed by atoms with E-state index in [0.717, 1.165) is 38.9 Å². The second kappa shape index (κ2) is 29.9. The Bertz CT molecular complexity index is 263. The van der Waals surface area contributed by atoms with E-state index in [1.807, 2.05) is 6.92 Å². The second-order valence-corrected chi connectivity index (χ2v) is 6.38. The van der Waals surface area contributed by atoms with E-state index in [-0.39, 0.29) is 6.10 Å². The summed E-state index contributed by atoms with van der Waals surface area (Å²) in [5.41, 5.74) is 0. The minimum Gasteiger partial charge on any atom is -0.391 e. The number of aliphatic hydroxyl groups is 3. The van der Waals surface area contributed by atoms with Gasteiger partial charge in [-0.15, -0.1) is 0 Å². The molecule has 0 fully saturated rings. The summed E-state index contributed by atoms with van der Waals surface area (Å²) >= 11 is 0. The van der Waals surface area contributed by atoms with E-state index in [0.29, 0.717) is 39.6 Å². The fourth-order valence-electron chi connectivity index (χ4n) is 1.59. The molecule has 0 aromatic carbocycles. The first-order chi connectivity index (χ1) is 13.8. The molecule has 3 N–H and O–H groups in total. The highest BCUT2D eigenvalue weighted by atomic mass is 16.6. The lowest BCUT2D eigenvalue weighted by atomic mass is 10.4. The minimum absolute atomic E-state index is 0.374. The minimum atomic E-state index is -0.676. The topological polar surface area (TPSA) is 107 Å². The first kappa shape index (κ1) is 33.3. The predicted molar refractivity (Wildman–Crippen MR) is 115 cm³/mol. The number of aliphatic hydroxyl groups excluding tert-OH is 3. The first-order valence-corrected chi connectivity index (χ1v) is 10.8. The smallest absolute Gasteiger partial charge is 0.151 e. The Balaban J connectivity index is -0.000000369. The van der Waals surface area contributed by atoms with Gasteiger partial charge in [-0.2, -0.15) is 0 Å². The summed E-state index contributed by atoms with van der Waals surface area (Å²) in [6.07, 6.45) is 2.86. The van der Waals surface area contributed by atoms with Gasteiger partial charge < -0.3 is 39.0 Å². The fraction of sp³-hybridized carbons (Fsp3) is 1.00. The molecule has 0 aliphatic rings. The first-order valence-electron chi connectivity index (χ1n) is 10.8. The van der Waals surface area contributed by atoms with E-state index in [1.54, 1.807) is 20.8 Å². The molecule has 29 heavy (non-hydrogen) atoms. The zero-order chi connectivity index (χ0) is 22.8. The maximum atomic E-state index is 8.83. The maximum Gasteiger partial charge on any atom is 0.151 e. The van der Waals surface area contributed by atoms with Crippen LogP contribution in [0.3, 0.4) is 0 Å². The maximum absolute atomic E-state index is 8.83. The summed E-state index contributed by atoms with van der Waals surface area (Å²) in [5.74, 6) is 0. The molecule has 8 nitrogen and oxygen atoms in total. The lowest BCUT2D eigenvalue weighted by molar-refractivity contribution is -0.0994. The van der Waals surface area contributed by atoms with Crippen molar-refractivity contribution in [3.05, 3.63) is 0 Å². The van der Waals surface area contributed by atoms with Gasteiger partial charge >= 0.3 is 0 Å². The van der Waals surface area contributed by atoms with Crippen molar-refractivity contribution in [3.8, 4) is 0 Å². The van der Waals surface area contributed by atoms with E-state index in [2.05, 4.69) is 18.6 Å². The van der Waals surface area contributed by atoms with Crippen LogP contribution in [0.15, 0.2) is 0 Å². The van der Waals surface area contributed by atoms with Crippen molar-refractivity contribution in [3.63, 3.8) is 0 Å². The summed E-state index contributed by atoms with van der Waals surface area (Å²) < 4.78 is 25.0. The molecule has 3 atom stereocenters. The largest absolute Gasteiger partial charge is 0.391 e. The molecule has 0 aromatic heterocycles. The standard InChI is InChI=1S/C9H20O3.C8H18O3.C4H10O2/c1-3-4-5-11-6-7-12-8-9(2)10;1-3-4-5-10-6-7-11-8(2)9;1-3-6-4(2)5/h9-10H,3-8H2,1-2H3;8-9H,3-7H2,1-2H3;4-5H,3H2,1-2H3. The molecule has 0 aromatic rings. The van der Waals surface area contributed by atoms with Crippen LogP contribution in [0.2, 0.25) is 0 Å². The number of rotatable bonds is 17. The van der Waals surface area contributed by atoms with Gasteiger partial charge in [0.1, 0.15) is 0 Å². The van der Waals surface area contributed by atoms with Gasteiger partial charge in [-0.1, -0.05) is 26.7 Å². The molecule has 0 radical (unpaired) electrons. The lowest BCUT2D eigenvalue weighted by Gasteiger charge is -2.06. The molecule has 0 bridgehead atoms. The second-order valence-electron chi connectivity index (χ2n) is 6.38. The van der Waals surface area contributed by atoms with Crippen LogP contribution in [0.25, 0.3) is 0 Å². The Hall–Kier alpha value is -0.320. The average molecular weight is 429 g/mol. The van der Waals surface area contributed by atoms with Crippen LogP contribution >= 0.6 is 0 Å². The van der Waals surface area contributed by atoms with Crippen LogP contribution in [-0.2, 0) is 23.7 Å². The van der Waals surface area contributed by atoms with E-state index < -0.39 is 12.6 Å². The molecule has 3 unspecified atom stereocenters. The normalized spacial score (nSPS) is 13.6. The Morgan fingerprint density at radius 1 is 0.586 bits per heavy atom. The number of hydrogen-bond acceptors (Lipinski definition) is 8. The Labute approximate surface area is 178 Å². The van der Waals surface area contributed by atoms with Crippen LogP contribution in [0.5, 0.6) is 0 Å². The molecule has 0 aliphatic heterocycles. The van der Waals surface area contributed by atoms with Crippen LogP contribution < -0.4 is 0 Å². The molecule has 180 valence electrons. The Morgan fingerprint density at radius 3 is 1.38 bits per heavy atom. The van der Waals surface area contributed by atoms with Crippen LogP contribution in [0.1, 0.15) is 67.2 Å². The van der Waals surface area contributed by atoms with Gasteiger partial charge in [-0.25, -0.2) is 0 Å². The van der Waals surface area contributed by atoms with Crippen molar-refractivity contribution in [2.75, 3.05) is 52.9 Å². The number of hydrogen-bond donors (Lipinski definition) is 3. The van der Waals surface area contributed by atoms with E-state index >= 15 is 0 Å². The van der Waals surface area contributed by atoms with Gasteiger partial charge in [0.05, 0.1) is 39.1 Å². The molecular weight excluding hydrogens is 380 g/mol. The summed E-state index contributed by atoms with van der Waals surface area (Å²) in [5, 5.41) is 25.8. The molecule has 0 rings (SSSR count). The summed E-state index contributed by atoms with van der Waals surface area (Å²) in [4.78, 5) is 0. The van der Waals surface area contributed by atoms with Crippen molar-refractivity contribution < 1.29 is 39.0 Å². The quantitative estimate of drug-likeness (QED) is 0.240. The SMILES string of the molecule is CCCCOCCOC(C)O.CCCCOCCOCC(C)O.CCOC(C)O. The molecular formula is C21H48O8. The van der Waals surface area contributed by atoms with Gasteiger partial charge in [0.25, 0.3) is 0 Å². The van der Waals surface area contributed by atoms with Crippen LogP contribution in [0, 0.1) is 0 Å². The molecule has 0 aliphatic carbocycles. The third kappa shape index (κ3) is 47.1. The lowest BCUT2D eigenvalue weighted by Crippen LogP contribution is -2.13. The summed E-state index contributed by atoms with van der Waals surface area (Å²) in [6.45, 7) is 15.8. The number of ether oxygens (including phenoxy) is 5. The monoisotopic (exact) mass is 428 g/mol. The van der Waals surface area contributed by atoms with Gasteiger partial charge in [-0.05, 0) is 40.5 Å². The van der Waals surface area contributed by atoms with Gasteiger partial charge in [0, 0.05) is 19.8 Å². The highest BCUT2D eigenvalue weighted by Crippen LogP contribution is 1.89. The van der Waals surface area contributed by atoms with Crippen molar-refractivity contribution >= 4 is 0 Å². The van der Waals surface area contributed by atoms with Crippen molar-refractivity contribution in [2.24, 2.45) is 0 Å². The average Bonchev–Trinajstić information content (AvgIpc) is 2.64. The molecule has 0 heterocycles. The van der Waals surface area contributed by atoms with Gasteiger partial charge in [0.15, 0.2) is 12.6 Å². The third-order valence-corrected chi connectivity index (χ3v) is 3.01. The molecule has 0 saturated carbocycles. The summed E-state index contributed by atoms with van der Waals surface area (Å²) in [6, 6.07) is 0. The molecule has 0 amide bonds. The fourth-order valence-corrected chi connectivity index (χ4v) is 1.59. The Morgan fingerprint density at radius 2 is 1.03 bits per heavy atom. The van der Waals surface area contributed by atoms with Crippen molar-refractivity contribution in [2.45, 2.75) is 85.9 Å². The van der Waals surface area contributed by atoms with Crippen LogP contribution in [0.4, 0.5) is 0 Å². The third-order valence-electron chi connectivity index (χ3n) is 3.01. The van der Waals surface area contributed by atoms with E-state index in [1.165, 1.54) is 0 Å². The zero-order valence-corrected chi connectivity index (χ0v) is 19.6. The Kier molecular flexibility index (Phi) is 34.3. The van der Waals surface area contributed by atoms with Gasteiger partial charge in [0.2, 0.25) is 0 Å². The van der Waals surface area contributed by atoms with E-state index in [9.17, 15) is 0 Å². The predicted octanol–water partition coefficient (Wildman–Crippen LogP) is 2.72. The van der Waals surface area contributed by atoms with Crippen molar-refractivity contribution in [1.29, 1.82) is 0 Å². The highest BCUT2D eigenvalue weighted by molar-refractivity contribution is 4.41. The molecule has 0 spiro atoms. The van der Waals surface area contributed by atoms with Crippen LogP contribution in [-0.4, -0.2) is 86.9 Å². The number of unbranched alkanes of at least 4 members (excludes halogenated alkanes) is 2. The molecule has 8 heteroatoms. The van der Waals surface area contributed by atoms with Crippen molar-refractivity contribution in [1.82, 2.24) is 0 Å². The van der Waals surface area contributed by atoms with Gasteiger partial charge in [-0.3, -0.25) is 0 Å². The highest BCUT2D eigenvalue weighted by Gasteiger charge is 1.94. The summed E-state index contributed by atoms with van der Waals surface area (Å²) in [7, 11) is 0. The zero-order valence-electron chi connectivity index (χ0n) is 19.6.